The molecule has 0 saturated carbocycles. The zero-order valence-electron chi connectivity index (χ0n) is 10.2. The Labute approximate surface area is 123 Å². The number of Topliss-reactive ketones (excluding diaryl/α,β-unsaturated/α-hetero) is 1. The lowest BCUT2D eigenvalue weighted by Crippen LogP contribution is -2.03. The van der Waals surface area contributed by atoms with Crippen molar-refractivity contribution in [1.29, 1.82) is 0 Å². The molecule has 4 heteroatoms. The summed E-state index contributed by atoms with van der Waals surface area (Å²) in [4.78, 5) is 14.3. The number of halogens is 2. The molecular weight excluding hydrogens is 327 g/mol. The van der Waals surface area contributed by atoms with Gasteiger partial charge in [0.2, 0.25) is 0 Å². The van der Waals surface area contributed by atoms with Gasteiger partial charge in [-0.25, -0.2) is 4.39 Å². The fourth-order valence-corrected chi connectivity index (χ4v) is 3.92. The van der Waals surface area contributed by atoms with Gasteiger partial charge in [0.25, 0.3) is 0 Å². The molecule has 1 aromatic carbocycles. The normalized spacial score (nSPS) is 13.6. The minimum Gasteiger partial charge on any atom is -0.293 e. The molecular formula is C15H12BrFOS. The van der Waals surface area contributed by atoms with Gasteiger partial charge in [-0.3, -0.25) is 4.79 Å². The van der Waals surface area contributed by atoms with Crippen LogP contribution >= 0.6 is 27.3 Å². The highest BCUT2D eigenvalue weighted by Gasteiger charge is 2.19. The summed E-state index contributed by atoms with van der Waals surface area (Å²) in [6, 6.07) is 6.82. The number of benzene rings is 1. The molecule has 0 aliphatic heterocycles. The van der Waals surface area contributed by atoms with E-state index in [-0.39, 0.29) is 18.0 Å². The van der Waals surface area contributed by atoms with Crippen LogP contribution in [0.3, 0.4) is 0 Å². The highest BCUT2D eigenvalue weighted by atomic mass is 79.9. The molecule has 19 heavy (non-hydrogen) atoms. The Bertz CT molecular complexity index is 626. The smallest absolute Gasteiger partial charge is 0.177 e. The molecule has 0 atom stereocenters. The zero-order chi connectivity index (χ0) is 13.4. The third-order valence-electron chi connectivity index (χ3n) is 3.39. The molecule has 0 N–H and O–H groups in total. The Hall–Kier alpha value is -1.00. The zero-order valence-corrected chi connectivity index (χ0v) is 12.6. The molecule has 1 nitrogen and oxygen atoms in total. The van der Waals surface area contributed by atoms with Crippen molar-refractivity contribution in [3.8, 4) is 0 Å². The standard InChI is InChI=1S/C15H12BrFOS/c16-11-5-4-9(12(17)8-11)6-13(18)15-7-10-2-1-3-14(10)19-15/h4-5,7-8H,1-3,6H2. The molecule has 98 valence electrons. The summed E-state index contributed by atoms with van der Waals surface area (Å²) in [5, 5.41) is 0. The van der Waals surface area contributed by atoms with E-state index in [0.717, 1.165) is 17.7 Å². The molecule has 1 aliphatic rings. The summed E-state index contributed by atoms with van der Waals surface area (Å²) in [7, 11) is 0. The minimum absolute atomic E-state index is 0.0145. The number of ketones is 1. The van der Waals surface area contributed by atoms with Crippen LogP contribution in [0.15, 0.2) is 28.7 Å². The van der Waals surface area contributed by atoms with E-state index in [2.05, 4.69) is 15.9 Å². The van der Waals surface area contributed by atoms with Gasteiger partial charge in [-0.1, -0.05) is 22.0 Å². The van der Waals surface area contributed by atoms with Crippen molar-refractivity contribution in [2.24, 2.45) is 0 Å². The summed E-state index contributed by atoms with van der Waals surface area (Å²) < 4.78 is 14.4. The summed E-state index contributed by atoms with van der Waals surface area (Å²) in [5.74, 6) is -0.313. The van der Waals surface area contributed by atoms with E-state index in [1.807, 2.05) is 6.07 Å². The predicted octanol–water partition coefficient (Wildman–Crippen LogP) is 4.56. The maximum absolute atomic E-state index is 13.7. The first-order valence-electron chi connectivity index (χ1n) is 6.22. The summed E-state index contributed by atoms with van der Waals surface area (Å²) in [6.07, 6.45) is 3.49. The van der Waals surface area contributed by atoms with Gasteiger partial charge in [-0.2, -0.15) is 0 Å². The SMILES string of the molecule is O=C(Cc1ccc(Br)cc1F)c1cc2c(s1)CCC2. The van der Waals surface area contributed by atoms with Gasteiger partial charge in [-0.05, 0) is 48.6 Å². The van der Waals surface area contributed by atoms with E-state index in [0.29, 0.717) is 10.0 Å². The van der Waals surface area contributed by atoms with Gasteiger partial charge in [0.05, 0.1) is 4.88 Å². The fraction of sp³-hybridized carbons (Fsp3) is 0.267. The van der Waals surface area contributed by atoms with E-state index in [9.17, 15) is 9.18 Å². The Morgan fingerprint density at radius 3 is 2.89 bits per heavy atom. The molecule has 0 bridgehead atoms. The average molecular weight is 339 g/mol. The molecule has 1 heterocycles. The number of carbonyl (C=O) groups excluding carboxylic acids is 1. The van der Waals surface area contributed by atoms with Gasteiger partial charge in [0.1, 0.15) is 5.82 Å². The molecule has 0 amide bonds. The fourth-order valence-electron chi connectivity index (χ4n) is 2.39. The van der Waals surface area contributed by atoms with Crippen molar-refractivity contribution in [2.75, 3.05) is 0 Å². The maximum atomic E-state index is 13.7. The molecule has 0 spiro atoms. The monoisotopic (exact) mass is 338 g/mol. The molecule has 0 unspecified atom stereocenters. The molecule has 2 aromatic rings. The van der Waals surface area contributed by atoms with Crippen LogP contribution in [0.1, 0.15) is 32.1 Å². The van der Waals surface area contributed by atoms with Crippen LogP contribution < -0.4 is 0 Å². The molecule has 3 rings (SSSR count). The predicted molar refractivity (Wildman–Crippen MR) is 78.5 cm³/mol. The van der Waals surface area contributed by atoms with E-state index in [1.54, 1.807) is 23.5 Å². The van der Waals surface area contributed by atoms with Crippen molar-refractivity contribution in [3.63, 3.8) is 0 Å². The van der Waals surface area contributed by atoms with Crippen molar-refractivity contribution < 1.29 is 9.18 Å². The average Bonchev–Trinajstić information content (AvgIpc) is 2.93. The Morgan fingerprint density at radius 2 is 2.16 bits per heavy atom. The number of thiophene rings is 1. The van der Waals surface area contributed by atoms with E-state index in [1.165, 1.54) is 22.9 Å². The van der Waals surface area contributed by atoms with E-state index >= 15 is 0 Å². The molecule has 0 radical (unpaired) electrons. The van der Waals surface area contributed by atoms with Crippen molar-refractivity contribution in [3.05, 3.63) is 55.4 Å². The van der Waals surface area contributed by atoms with Gasteiger partial charge < -0.3 is 0 Å². The Kier molecular flexibility index (Phi) is 3.54. The Balaban J connectivity index is 1.80. The van der Waals surface area contributed by atoms with Crippen molar-refractivity contribution in [2.45, 2.75) is 25.7 Å². The van der Waals surface area contributed by atoms with Crippen molar-refractivity contribution in [1.82, 2.24) is 0 Å². The number of hydrogen-bond donors (Lipinski definition) is 0. The summed E-state index contributed by atoms with van der Waals surface area (Å²) in [5.41, 5.74) is 1.77. The number of fused-ring (bicyclic) bond motifs is 1. The molecule has 1 aromatic heterocycles. The van der Waals surface area contributed by atoms with Crippen LogP contribution in [0, 0.1) is 5.82 Å². The van der Waals surface area contributed by atoms with Gasteiger partial charge in [-0.15, -0.1) is 11.3 Å². The van der Waals surface area contributed by atoms with Crippen molar-refractivity contribution >= 4 is 33.0 Å². The van der Waals surface area contributed by atoms with Gasteiger partial charge in [0, 0.05) is 15.8 Å². The van der Waals surface area contributed by atoms with Crippen LogP contribution in [0.2, 0.25) is 0 Å². The van der Waals surface area contributed by atoms with Crippen LogP contribution in [-0.2, 0) is 19.3 Å². The molecule has 1 aliphatic carbocycles. The van der Waals surface area contributed by atoms with Crippen LogP contribution in [0.25, 0.3) is 0 Å². The number of hydrogen-bond acceptors (Lipinski definition) is 2. The highest BCUT2D eigenvalue weighted by Crippen LogP contribution is 2.31. The van der Waals surface area contributed by atoms with E-state index < -0.39 is 0 Å². The number of carbonyl (C=O) groups is 1. The quantitative estimate of drug-likeness (QED) is 0.749. The minimum atomic E-state index is -0.327. The maximum Gasteiger partial charge on any atom is 0.177 e. The third-order valence-corrected chi connectivity index (χ3v) is 5.16. The second-order valence-electron chi connectivity index (χ2n) is 4.75. The highest BCUT2D eigenvalue weighted by molar-refractivity contribution is 9.10. The Morgan fingerprint density at radius 1 is 1.32 bits per heavy atom. The number of aryl methyl sites for hydroxylation is 2. The molecule has 0 fully saturated rings. The third kappa shape index (κ3) is 2.65. The molecule has 0 saturated heterocycles. The van der Waals surface area contributed by atoms with Gasteiger partial charge in [0.15, 0.2) is 5.78 Å². The first kappa shape index (κ1) is 13.0. The lowest BCUT2D eigenvalue weighted by atomic mass is 10.1. The second-order valence-corrected chi connectivity index (χ2v) is 6.80. The van der Waals surface area contributed by atoms with Crippen LogP contribution in [-0.4, -0.2) is 5.78 Å². The van der Waals surface area contributed by atoms with E-state index in [4.69, 9.17) is 0 Å². The second kappa shape index (κ2) is 5.17. The topological polar surface area (TPSA) is 17.1 Å². The number of rotatable bonds is 3. The van der Waals surface area contributed by atoms with Crippen LogP contribution in [0.4, 0.5) is 4.39 Å². The van der Waals surface area contributed by atoms with Crippen LogP contribution in [0.5, 0.6) is 0 Å². The largest absolute Gasteiger partial charge is 0.293 e. The lowest BCUT2D eigenvalue weighted by Gasteiger charge is -2.02. The first-order valence-corrected chi connectivity index (χ1v) is 7.83. The van der Waals surface area contributed by atoms with Gasteiger partial charge >= 0.3 is 0 Å². The lowest BCUT2D eigenvalue weighted by molar-refractivity contribution is 0.0995. The summed E-state index contributed by atoms with van der Waals surface area (Å²) in [6.45, 7) is 0. The first-order chi connectivity index (χ1) is 9.13. The summed E-state index contributed by atoms with van der Waals surface area (Å²) >= 11 is 4.79.